The van der Waals surface area contributed by atoms with Crippen molar-refractivity contribution >= 4 is 16.5 Å². The predicted molar refractivity (Wildman–Crippen MR) is 75.8 cm³/mol. The summed E-state index contributed by atoms with van der Waals surface area (Å²) in [6.07, 6.45) is 3.46. The van der Waals surface area contributed by atoms with Crippen LogP contribution >= 0.6 is 0 Å². The molecule has 1 unspecified atom stereocenters. The molecular formula is C15H17N3O. The van der Waals surface area contributed by atoms with Crippen molar-refractivity contribution in [1.29, 1.82) is 0 Å². The zero-order chi connectivity index (χ0) is 13.1. The van der Waals surface area contributed by atoms with Crippen LogP contribution in [0.3, 0.4) is 0 Å². The number of phenolic OH excluding ortho intramolecular Hbond substituents is 1. The Balaban J connectivity index is 1.95. The molecule has 2 aromatic rings. The number of hydrogen-bond acceptors (Lipinski definition) is 4. The molecule has 0 aliphatic carbocycles. The fourth-order valence-corrected chi connectivity index (χ4v) is 2.41. The van der Waals surface area contributed by atoms with Gasteiger partial charge < -0.3 is 5.11 Å². The summed E-state index contributed by atoms with van der Waals surface area (Å²) >= 11 is 0. The highest BCUT2D eigenvalue weighted by molar-refractivity contribution is 5.95. The summed E-state index contributed by atoms with van der Waals surface area (Å²) in [5.41, 5.74) is 0.561. The number of phenols is 1. The van der Waals surface area contributed by atoms with Crippen LogP contribution in [0.2, 0.25) is 0 Å². The normalized spacial score (nSPS) is 20.1. The van der Waals surface area contributed by atoms with Gasteiger partial charge in [0.05, 0.1) is 0 Å². The van der Waals surface area contributed by atoms with Crippen molar-refractivity contribution in [3.8, 4) is 5.75 Å². The molecule has 1 saturated heterocycles. The summed E-state index contributed by atoms with van der Waals surface area (Å²) in [7, 11) is 0. The highest BCUT2D eigenvalue weighted by atomic mass is 16.3. The molecule has 0 aromatic heterocycles. The Hall–Kier alpha value is -1.94. The molecule has 1 atom stereocenters. The minimum atomic E-state index is 0.0760. The molecule has 0 radical (unpaired) electrons. The topological polar surface area (TPSA) is 57.0 Å². The molecule has 0 bridgehead atoms. The first-order valence-corrected chi connectivity index (χ1v) is 6.69. The largest absolute Gasteiger partial charge is 0.506 e. The summed E-state index contributed by atoms with van der Waals surface area (Å²) in [6, 6.07) is 11.4. The van der Waals surface area contributed by atoms with Crippen molar-refractivity contribution in [2.45, 2.75) is 25.4 Å². The van der Waals surface area contributed by atoms with Gasteiger partial charge in [0.25, 0.3) is 0 Å². The lowest BCUT2D eigenvalue weighted by atomic mass is 10.1. The number of aromatic hydroxyl groups is 1. The van der Waals surface area contributed by atoms with Crippen LogP contribution in [-0.2, 0) is 0 Å². The third-order valence-electron chi connectivity index (χ3n) is 3.46. The monoisotopic (exact) mass is 255 g/mol. The van der Waals surface area contributed by atoms with Gasteiger partial charge in [0.2, 0.25) is 0 Å². The van der Waals surface area contributed by atoms with Crippen molar-refractivity contribution in [3.05, 3.63) is 36.4 Å². The van der Waals surface area contributed by atoms with Gasteiger partial charge in [-0.3, -0.25) is 5.32 Å². The third-order valence-corrected chi connectivity index (χ3v) is 3.46. The van der Waals surface area contributed by atoms with E-state index in [1.54, 1.807) is 6.07 Å². The molecule has 4 nitrogen and oxygen atoms in total. The standard InChI is InChI=1S/C15H17N3O/c19-13-9-8-11-5-1-2-6-12(11)15(13)18-17-14-7-3-4-10-16-14/h1-2,5-6,8-9,14,16,19H,3-4,7,10H2. The van der Waals surface area contributed by atoms with Crippen LogP contribution in [0.15, 0.2) is 46.6 Å². The maximum Gasteiger partial charge on any atom is 0.143 e. The fourth-order valence-electron chi connectivity index (χ4n) is 2.41. The maximum atomic E-state index is 9.96. The van der Waals surface area contributed by atoms with Gasteiger partial charge in [0.1, 0.15) is 17.6 Å². The minimum Gasteiger partial charge on any atom is -0.506 e. The number of benzene rings is 2. The molecule has 0 saturated carbocycles. The highest BCUT2D eigenvalue weighted by Gasteiger charge is 2.12. The van der Waals surface area contributed by atoms with E-state index < -0.39 is 0 Å². The molecule has 1 fully saturated rings. The highest BCUT2D eigenvalue weighted by Crippen LogP contribution is 2.35. The summed E-state index contributed by atoms with van der Waals surface area (Å²) in [4.78, 5) is 0. The van der Waals surface area contributed by atoms with E-state index in [1.165, 1.54) is 12.8 Å². The Kier molecular flexibility index (Phi) is 3.42. The van der Waals surface area contributed by atoms with Crippen LogP contribution in [-0.4, -0.2) is 17.8 Å². The summed E-state index contributed by atoms with van der Waals surface area (Å²) in [5, 5.41) is 23.9. The smallest absolute Gasteiger partial charge is 0.143 e. The van der Waals surface area contributed by atoms with Crippen LogP contribution in [0.5, 0.6) is 5.75 Å². The van der Waals surface area contributed by atoms with Gasteiger partial charge in [-0.1, -0.05) is 30.3 Å². The molecule has 0 spiro atoms. The van der Waals surface area contributed by atoms with E-state index >= 15 is 0 Å². The molecule has 1 aliphatic rings. The average molecular weight is 255 g/mol. The Morgan fingerprint density at radius 2 is 2.00 bits per heavy atom. The molecule has 3 rings (SSSR count). The van der Waals surface area contributed by atoms with E-state index in [2.05, 4.69) is 15.5 Å². The lowest BCUT2D eigenvalue weighted by molar-refractivity contribution is 0.401. The van der Waals surface area contributed by atoms with Gasteiger partial charge in [0, 0.05) is 5.39 Å². The quantitative estimate of drug-likeness (QED) is 0.803. The van der Waals surface area contributed by atoms with Crippen LogP contribution in [0, 0.1) is 0 Å². The van der Waals surface area contributed by atoms with E-state index in [9.17, 15) is 5.11 Å². The van der Waals surface area contributed by atoms with E-state index in [-0.39, 0.29) is 11.9 Å². The number of rotatable bonds is 2. The molecular weight excluding hydrogens is 238 g/mol. The number of azo groups is 1. The Bertz CT molecular complexity index is 603. The van der Waals surface area contributed by atoms with Gasteiger partial charge in [-0.2, -0.15) is 5.11 Å². The summed E-state index contributed by atoms with van der Waals surface area (Å²) < 4.78 is 0. The summed E-state index contributed by atoms with van der Waals surface area (Å²) in [6.45, 7) is 0.991. The first-order valence-electron chi connectivity index (χ1n) is 6.69. The van der Waals surface area contributed by atoms with Gasteiger partial charge >= 0.3 is 0 Å². The Labute approximate surface area is 112 Å². The molecule has 2 N–H and O–H groups in total. The first-order chi connectivity index (χ1) is 9.34. The average Bonchev–Trinajstić information content (AvgIpc) is 2.47. The molecule has 2 aromatic carbocycles. The van der Waals surface area contributed by atoms with Crippen LogP contribution < -0.4 is 5.32 Å². The lowest BCUT2D eigenvalue weighted by Gasteiger charge is -2.18. The van der Waals surface area contributed by atoms with E-state index in [0.717, 1.165) is 23.7 Å². The maximum absolute atomic E-state index is 9.96. The Morgan fingerprint density at radius 3 is 2.84 bits per heavy atom. The first kappa shape index (κ1) is 12.1. The molecule has 1 heterocycles. The molecule has 19 heavy (non-hydrogen) atoms. The zero-order valence-corrected chi connectivity index (χ0v) is 10.7. The zero-order valence-electron chi connectivity index (χ0n) is 10.7. The number of nitrogens with zero attached hydrogens (tertiary/aromatic N) is 2. The minimum absolute atomic E-state index is 0.0760. The van der Waals surface area contributed by atoms with Crippen LogP contribution in [0.1, 0.15) is 19.3 Å². The summed E-state index contributed by atoms with van der Waals surface area (Å²) in [5.74, 6) is 0.179. The van der Waals surface area contributed by atoms with Crippen LogP contribution in [0.25, 0.3) is 10.8 Å². The number of nitrogens with one attached hydrogen (secondary N) is 1. The van der Waals surface area contributed by atoms with Crippen molar-refractivity contribution < 1.29 is 5.11 Å². The second kappa shape index (κ2) is 5.36. The fraction of sp³-hybridized carbons (Fsp3) is 0.333. The Morgan fingerprint density at radius 1 is 1.11 bits per heavy atom. The van der Waals surface area contributed by atoms with Gasteiger partial charge in [0.15, 0.2) is 0 Å². The van der Waals surface area contributed by atoms with E-state index in [4.69, 9.17) is 0 Å². The molecule has 0 amide bonds. The second-order valence-corrected chi connectivity index (χ2v) is 4.84. The second-order valence-electron chi connectivity index (χ2n) is 4.84. The number of piperidine rings is 1. The van der Waals surface area contributed by atoms with Crippen molar-refractivity contribution in [2.75, 3.05) is 6.54 Å². The van der Waals surface area contributed by atoms with Crippen molar-refractivity contribution in [3.63, 3.8) is 0 Å². The number of fused-ring (bicyclic) bond motifs is 1. The van der Waals surface area contributed by atoms with E-state index in [1.807, 2.05) is 30.3 Å². The van der Waals surface area contributed by atoms with Gasteiger partial charge in [-0.15, -0.1) is 5.11 Å². The lowest BCUT2D eigenvalue weighted by Crippen LogP contribution is -2.31. The SMILES string of the molecule is Oc1ccc2ccccc2c1N=NC1CCCCN1. The molecule has 4 heteroatoms. The van der Waals surface area contributed by atoms with Crippen LogP contribution in [0.4, 0.5) is 5.69 Å². The molecule has 98 valence electrons. The van der Waals surface area contributed by atoms with Crippen molar-refractivity contribution in [2.24, 2.45) is 10.2 Å². The number of hydrogen-bond donors (Lipinski definition) is 2. The van der Waals surface area contributed by atoms with E-state index in [0.29, 0.717) is 5.69 Å². The van der Waals surface area contributed by atoms with Gasteiger partial charge in [-0.25, -0.2) is 0 Å². The van der Waals surface area contributed by atoms with Gasteiger partial charge in [-0.05, 0) is 37.3 Å². The predicted octanol–water partition coefficient (Wildman–Crippen LogP) is 3.73. The molecule has 1 aliphatic heterocycles. The van der Waals surface area contributed by atoms with Crippen molar-refractivity contribution in [1.82, 2.24) is 5.32 Å². The third kappa shape index (κ3) is 2.58.